The SMILES string of the molecule is CC(C)Cn1nc(C#N)c2c1CCS(=O)(=O)C2. The summed E-state index contributed by atoms with van der Waals surface area (Å²) in [7, 11) is -3.05. The van der Waals surface area contributed by atoms with Crippen molar-refractivity contribution in [2.45, 2.75) is 32.6 Å². The van der Waals surface area contributed by atoms with Crippen molar-refractivity contribution in [1.29, 1.82) is 5.26 Å². The van der Waals surface area contributed by atoms with Crippen molar-refractivity contribution in [3.63, 3.8) is 0 Å². The van der Waals surface area contributed by atoms with Gasteiger partial charge in [-0.1, -0.05) is 13.8 Å². The average molecular weight is 253 g/mol. The Bertz CT molecular complexity index is 579. The van der Waals surface area contributed by atoms with Gasteiger partial charge in [-0.25, -0.2) is 8.42 Å². The summed E-state index contributed by atoms with van der Waals surface area (Å²) in [6.07, 6.45) is 0.471. The van der Waals surface area contributed by atoms with E-state index in [2.05, 4.69) is 18.9 Å². The van der Waals surface area contributed by atoms with E-state index in [9.17, 15) is 8.42 Å². The topological polar surface area (TPSA) is 75.8 Å². The quantitative estimate of drug-likeness (QED) is 0.784. The van der Waals surface area contributed by atoms with Gasteiger partial charge in [0.2, 0.25) is 0 Å². The zero-order valence-electron chi connectivity index (χ0n) is 9.97. The molecule has 92 valence electrons. The Labute approximate surface area is 101 Å². The van der Waals surface area contributed by atoms with E-state index in [0.717, 1.165) is 12.2 Å². The van der Waals surface area contributed by atoms with Gasteiger partial charge in [0.05, 0.1) is 11.5 Å². The first-order chi connectivity index (χ1) is 7.93. The van der Waals surface area contributed by atoms with Crippen molar-refractivity contribution in [2.75, 3.05) is 5.75 Å². The first-order valence-corrected chi connectivity index (χ1v) is 7.44. The van der Waals surface area contributed by atoms with Crippen LogP contribution in [-0.2, 0) is 28.6 Å². The molecule has 0 saturated heterocycles. The van der Waals surface area contributed by atoms with Crippen LogP contribution in [0.3, 0.4) is 0 Å². The third kappa shape index (κ3) is 2.34. The summed E-state index contributed by atoms with van der Waals surface area (Å²) in [6.45, 7) is 4.86. The Balaban J connectivity index is 2.48. The number of sulfone groups is 1. The molecule has 1 aliphatic heterocycles. The highest BCUT2D eigenvalue weighted by molar-refractivity contribution is 7.90. The molecule has 17 heavy (non-hydrogen) atoms. The van der Waals surface area contributed by atoms with Crippen LogP contribution < -0.4 is 0 Å². The molecule has 0 spiro atoms. The van der Waals surface area contributed by atoms with Crippen LogP contribution in [0.4, 0.5) is 0 Å². The van der Waals surface area contributed by atoms with Gasteiger partial charge in [-0.2, -0.15) is 10.4 Å². The van der Waals surface area contributed by atoms with Gasteiger partial charge in [0.25, 0.3) is 0 Å². The van der Waals surface area contributed by atoms with E-state index in [1.807, 2.05) is 6.07 Å². The molecular weight excluding hydrogens is 238 g/mol. The summed E-state index contributed by atoms with van der Waals surface area (Å²) < 4.78 is 24.9. The predicted molar refractivity (Wildman–Crippen MR) is 63.0 cm³/mol. The first kappa shape index (κ1) is 12.1. The molecule has 2 rings (SSSR count). The molecule has 0 fully saturated rings. The minimum absolute atomic E-state index is 0.0384. The second kappa shape index (κ2) is 4.15. The Hall–Kier alpha value is -1.35. The predicted octanol–water partition coefficient (Wildman–Crippen LogP) is 0.882. The molecule has 2 heterocycles. The summed E-state index contributed by atoms with van der Waals surface area (Å²) in [5.41, 5.74) is 1.80. The van der Waals surface area contributed by atoms with E-state index >= 15 is 0 Å². The molecule has 0 atom stereocenters. The molecule has 5 nitrogen and oxygen atoms in total. The number of hydrogen-bond acceptors (Lipinski definition) is 4. The van der Waals surface area contributed by atoms with Crippen LogP contribution in [0.2, 0.25) is 0 Å². The third-order valence-corrected chi connectivity index (χ3v) is 4.38. The van der Waals surface area contributed by atoms with Crippen molar-refractivity contribution < 1.29 is 8.42 Å². The summed E-state index contributed by atoms with van der Waals surface area (Å²) in [6, 6.07) is 1.99. The molecule has 0 N–H and O–H groups in total. The second-order valence-electron chi connectivity index (χ2n) is 4.80. The van der Waals surface area contributed by atoms with Gasteiger partial charge in [-0.05, 0) is 5.92 Å². The maximum absolute atomic E-state index is 11.6. The molecule has 1 aromatic heterocycles. The van der Waals surface area contributed by atoms with Crippen molar-refractivity contribution in [2.24, 2.45) is 5.92 Å². The Morgan fingerprint density at radius 2 is 2.24 bits per heavy atom. The van der Waals surface area contributed by atoms with Crippen molar-refractivity contribution in [3.8, 4) is 6.07 Å². The van der Waals surface area contributed by atoms with E-state index < -0.39 is 9.84 Å². The van der Waals surface area contributed by atoms with E-state index in [0.29, 0.717) is 17.9 Å². The van der Waals surface area contributed by atoms with E-state index in [4.69, 9.17) is 5.26 Å². The smallest absolute Gasteiger partial charge is 0.166 e. The highest BCUT2D eigenvalue weighted by Crippen LogP contribution is 2.24. The van der Waals surface area contributed by atoms with Gasteiger partial charge >= 0.3 is 0 Å². The number of rotatable bonds is 2. The third-order valence-electron chi connectivity index (χ3n) is 2.82. The highest BCUT2D eigenvalue weighted by Gasteiger charge is 2.28. The Kier molecular flexibility index (Phi) is 2.96. The van der Waals surface area contributed by atoms with Gasteiger partial charge in [0.1, 0.15) is 6.07 Å². The minimum atomic E-state index is -3.05. The van der Waals surface area contributed by atoms with Crippen LogP contribution in [0, 0.1) is 17.2 Å². The summed E-state index contributed by atoms with van der Waals surface area (Å²) in [5, 5.41) is 13.2. The number of nitriles is 1. The monoisotopic (exact) mass is 253 g/mol. The first-order valence-electron chi connectivity index (χ1n) is 5.62. The van der Waals surface area contributed by atoms with E-state index in [1.165, 1.54) is 0 Å². The molecule has 1 aliphatic rings. The standard InChI is InChI=1S/C11H15N3O2S/c1-8(2)6-14-11-3-4-17(15,16)7-9(11)10(5-12)13-14/h8H,3-4,6-7H2,1-2H3. The van der Waals surface area contributed by atoms with Gasteiger partial charge in [0, 0.05) is 24.2 Å². The molecule has 0 bridgehead atoms. The maximum atomic E-state index is 11.6. The fourth-order valence-corrected chi connectivity index (χ4v) is 3.49. The van der Waals surface area contributed by atoms with Crippen molar-refractivity contribution >= 4 is 9.84 Å². The van der Waals surface area contributed by atoms with Crippen LogP contribution in [0.25, 0.3) is 0 Å². The Morgan fingerprint density at radius 1 is 1.53 bits per heavy atom. The molecule has 1 aromatic rings. The van der Waals surface area contributed by atoms with E-state index in [-0.39, 0.29) is 17.2 Å². The number of nitrogens with zero attached hydrogens (tertiary/aromatic N) is 3. The lowest BCUT2D eigenvalue weighted by molar-refractivity contribution is 0.468. The lowest BCUT2D eigenvalue weighted by Crippen LogP contribution is -2.21. The lowest BCUT2D eigenvalue weighted by atomic mass is 10.1. The van der Waals surface area contributed by atoms with E-state index in [1.54, 1.807) is 4.68 Å². The zero-order chi connectivity index (χ0) is 12.6. The normalized spacial score (nSPS) is 17.8. The summed E-state index contributed by atoms with van der Waals surface area (Å²) in [4.78, 5) is 0. The van der Waals surface area contributed by atoms with Crippen LogP contribution in [-0.4, -0.2) is 24.0 Å². The van der Waals surface area contributed by atoms with Crippen molar-refractivity contribution in [1.82, 2.24) is 9.78 Å². The zero-order valence-corrected chi connectivity index (χ0v) is 10.8. The molecule has 0 aliphatic carbocycles. The lowest BCUT2D eigenvalue weighted by Gasteiger charge is -2.15. The number of fused-ring (bicyclic) bond motifs is 1. The van der Waals surface area contributed by atoms with Gasteiger partial charge in [-0.3, -0.25) is 4.68 Å². The second-order valence-corrected chi connectivity index (χ2v) is 6.99. The molecule has 0 amide bonds. The molecule has 0 unspecified atom stereocenters. The van der Waals surface area contributed by atoms with Gasteiger partial charge < -0.3 is 0 Å². The molecule has 0 radical (unpaired) electrons. The van der Waals surface area contributed by atoms with Crippen LogP contribution >= 0.6 is 0 Å². The summed E-state index contributed by atoms with van der Waals surface area (Å²) >= 11 is 0. The fraction of sp³-hybridized carbons (Fsp3) is 0.636. The van der Waals surface area contributed by atoms with Gasteiger partial charge in [0.15, 0.2) is 15.5 Å². The molecule has 6 heteroatoms. The molecular formula is C11H15N3O2S. The Morgan fingerprint density at radius 3 is 2.82 bits per heavy atom. The molecule has 0 saturated carbocycles. The number of hydrogen-bond donors (Lipinski definition) is 0. The van der Waals surface area contributed by atoms with Crippen LogP contribution in [0.5, 0.6) is 0 Å². The van der Waals surface area contributed by atoms with Crippen LogP contribution in [0.15, 0.2) is 0 Å². The fourth-order valence-electron chi connectivity index (χ4n) is 2.10. The molecule has 0 aromatic carbocycles. The number of aromatic nitrogens is 2. The largest absolute Gasteiger partial charge is 0.268 e. The average Bonchev–Trinajstić information content (AvgIpc) is 2.53. The highest BCUT2D eigenvalue weighted by atomic mass is 32.2. The van der Waals surface area contributed by atoms with Gasteiger partial charge in [-0.15, -0.1) is 0 Å². The van der Waals surface area contributed by atoms with Crippen molar-refractivity contribution in [3.05, 3.63) is 17.0 Å². The maximum Gasteiger partial charge on any atom is 0.166 e. The summed E-state index contributed by atoms with van der Waals surface area (Å²) in [5.74, 6) is 0.543. The minimum Gasteiger partial charge on any atom is -0.268 e. The van der Waals surface area contributed by atoms with Crippen LogP contribution in [0.1, 0.15) is 30.8 Å².